The minimum atomic E-state index is -0.776. The number of aryl methyl sites for hydroxylation is 1. The fourth-order valence-electron chi connectivity index (χ4n) is 2.26. The van der Waals surface area contributed by atoms with Gasteiger partial charge in [-0.1, -0.05) is 26.0 Å². The molecular weight excluding hydrogens is 254 g/mol. The summed E-state index contributed by atoms with van der Waals surface area (Å²) >= 11 is 0. The first-order valence-electron chi connectivity index (χ1n) is 7.12. The monoisotopic (exact) mass is 279 g/mol. The Morgan fingerprint density at radius 3 is 2.30 bits per heavy atom. The van der Waals surface area contributed by atoms with E-state index in [1.54, 1.807) is 12.1 Å². The molecule has 0 amide bonds. The van der Waals surface area contributed by atoms with Crippen molar-refractivity contribution >= 4 is 5.97 Å². The summed E-state index contributed by atoms with van der Waals surface area (Å²) in [6, 6.07) is 7.41. The minimum absolute atomic E-state index is 0.0922. The smallest absolute Gasteiger partial charge is 0.317 e. The number of rotatable bonds is 8. The predicted molar refractivity (Wildman–Crippen MR) is 79.9 cm³/mol. The molecule has 0 saturated carbocycles. The van der Waals surface area contributed by atoms with Crippen LogP contribution in [0.15, 0.2) is 24.3 Å². The molecule has 0 spiro atoms. The molecule has 0 aliphatic rings. The van der Waals surface area contributed by atoms with E-state index in [1.165, 1.54) is 0 Å². The summed E-state index contributed by atoms with van der Waals surface area (Å²) in [6.07, 6.45) is 1.79. The highest BCUT2D eigenvalue weighted by Crippen LogP contribution is 2.14. The summed E-state index contributed by atoms with van der Waals surface area (Å²) in [4.78, 5) is 13.0. The lowest BCUT2D eigenvalue weighted by molar-refractivity contribution is -0.139. The average molecular weight is 279 g/mol. The second-order valence-electron chi connectivity index (χ2n) is 5.77. The molecule has 4 nitrogen and oxygen atoms in total. The lowest BCUT2D eigenvalue weighted by atomic mass is 10.0. The quantitative estimate of drug-likeness (QED) is 0.768. The largest absolute Gasteiger partial charge is 0.508 e. The van der Waals surface area contributed by atoms with Gasteiger partial charge in [-0.15, -0.1) is 0 Å². The number of aliphatic carboxylic acids is 1. The molecular formula is C16H25NO3. The molecule has 0 heterocycles. The lowest BCUT2D eigenvalue weighted by Gasteiger charge is -2.29. The van der Waals surface area contributed by atoms with Crippen LogP contribution in [0.2, 0.25) is 0 Å². The number of carbonyl (C=O) groups is 1. The van der Waals surface area contributed by atoms with Crippen molar-refractivity contribution in [2.75, 3.05) is 13.1 Å². The van der Waals surface area contributed by atoms with Crippen LogP contribution in [0.25, 0.3) is 0 Å². The van der Waals surface area contributed by atoms with Crippen LogP contribution in [-0.2, 0) is 11.2 Å². The first kappa shape index (κ1) is 16.5. The summed E-state index contributed by atoms with van der Waals surface area (Å²) in [5.74, 6) is -0.0540. The molecule has 112 valence electrons. The minimum Gasteiger partial charge on any atom is -0.508 e. The van der Waals surface area contributed by atoms with Crippen molar-refractivity contribution in [1.29, 1.82) is 0 Å². The summed E-state index contributed by atoms with van der Waals surface area (Å²) in [7, 11) is 0. The van der Waals surface area contributed by atoms with Crippen molar-refractivity contribution in [3.8, 4) is 5.75 Å². The molecule has 0 bridgehead atoms. The Morgan fingerprint density at radius 1 is 1.20 bits per heavy atom. The standard InChI is InChI=1S/C16H25NO3/c1-12(2)10-17(11-16(19)20)13(3)4-5-14-6-8-15(18)9-7-14/h6-9,12-13,18H,4-5,10-11H2,1-3H3,(H,19,20). The van der Waals surface area contributed by atoms with Gasteiger partial charge in [-0.05, 0) is 43.4 Å². The Bertz CT molecular complexity index is 414. The number of phenolic OH excluding ortho intramolecular Hbond substituents is 1. The number of hydrogen-bond acceptors (Lipinski definition) is 3. The third kappa shape index (κ3) is 6.06. The molecule has 0 aliphatic carbocycles. The summed E-state index contributed by atoms with van der Waals surface area (Å²) in [5, 5.41) is 18.2. The van der Waals surface area contributed by atoms with E-state index in [1.807, 2.05) is 17.0 Å². The van der Waals surface area contributed by atoms with Gasteiger partial charge in [-0.25, -0.2) is 0 Å². The Hall–Kier alpha value is -1.55. The fraction of sp³-hybridized carbons (Fsp3) is 0.562. The maximum absolute atomic E-state index is 10.9. The molecule has 0 saturated heterocycles. The third-order valence-corrected chi connectivity index (χ3v) is 3.35. The lowest BCUT2D eigenvalue weighted by Crippen LogP contribution is -2.40. The van der Waals surface area contributed by atoms with Crippen molar-refractivity contribution < 1.29 is 15.0 Å². The van der Waals surface area contributed by atoms with Crippen LogP contribution in [0, 0.1) is 5.92 Å². The summed E-state index contributed by atoms with van der Waals surface area (Å²) in [5.41, 5.74) is 1.16. The van der Waals surface area contributed by atoms with Crippen LogP contribution >= 0.6 is 0 Å². The van der Waals surface area contributed by atoms with Gasteiger partial charge in [0.2, 0.25) is 0 Å². The molecule has 0 aromatic heterocycles. The zero-order valence-corrected chi connectivity index (χ0v) is 12.5. The van der Waals surface area contributed by atoms with Crippen LogP contribution in [0.1, 0.15) is 32.8 Å². The highest BCUT2D eigenvalue weighted by molar-refractivity contribution is 5.69. The van der Waals surface area contributed by atoms with Crippen molar-refractivity contribution in [2.45, 2.75) is 39.7 Å². The first-order valence-corrected chi connectivity index (χ1v) is 7.12. The maximum Gasteiger partial charge on any atom is 0.317 e. The van der Waals surface area contributed by atoms with Crippen molar-refractivity contribution in [1.82, 2.24) is 4.90 Å². The van der Waals surface area contributed by atoms with E-state index in [9.17, 15) is 9.90 Å². The fourth-order valence-corrected chi connectivity index (χ4v) is 2.26. The second kappa shape index (κ2) is 7.90. The number of carboxylic acids is 1. The predicted octanol–water partition coefficient (Wildman–Crippen LogP) is 2.76. The molecule has 0 fully saturated rings. The number of benzene rings is 1. The van der Waals surface area contributed by atoms with E-state index in [-0.39, 0.29) is 18.3 Å². The van der Waals surface area contributed by atoms with E-state index in [2.05, 4.69) is 20.8 Å². The summed E-state index contributed by atoms with van der Waals surface area (Å²) < 4.78 is 0. The second-order valence-corrected chi connectivity index (χ2v) is 5.77. The molecule has 0 radical (unpaired) electrons. The van der Waals surface area contributed by atoms with Gasteiger partial charge in [-0.3, -0.25) is 9.69 Å². The number of phenols is 1. The molecule has 0 aliphatic heterocycles. The van der Waals surface area contributed by atoms with Gasteiger partial charge in [0.1, 0.15) is 5.75 Å². The third-order valence-electron chi connectivity index (χ3n) is 3.35. The Balaban J connectivity index is 2.54. The van der Waals surface area contributed by atoms with Crippen LogP contribution in [0.3, 0.4) is 0 Å². The van der Waals surface area contributed by atoms with Crippen molar-refractivity contribution in [3.05, 3.63) is 29.8 Å². The number of hydrogen-bond donors (Lipinski definition) is 2. The number of nitrogens with zero attached hydrogens (tertiary/aromatic N) is 1. The Morgan fingerprint density at radius 2 is 1.80 bits per heavy atom. The van der Waals surface area contributed by atoms with Gasteiger partial charge in [0, 0.05) is 12.6 Å². The average Bonchev–Trinajstić information content (AvgIpc) is 2.36. The van der Waals surface area contributed by atoms with Crippen LogP contribution in [-0.4, -0.2) is 40.2 Å². The van der Waals surface area contributed by atoms with Crippen molar-refractivity contribution in [3.63, 3.8) is 0 Å². The number of carboxylic acid groups (broad SMARTS) is 1. The van der Waals surface area contributed by atoms with Crippen LogP contribution in [0.4, 0.5) is 0 Å². The molecule has 1 aromatic rings. The Kier molecular flexibility index (Phi) is 6.52. The van der Waals surface area contributed by atoms with Gasteiger partial charge in [-0.2, -0.15) is 0 Å². The van der Waals surface area contributed by atoms with E-state index < -0.39 is 5.97 Å². The van der Waals surface area contributed by atoms with Gasteiger partial charge in [0.15, 0.2) is 0 Å². The highest BCUT2D eigenvalue weighted by atomic mass is 16.4. The zero-order valence-electron chi connectivity index (χ0n) is 12.5. The molecule has 1 unspecified atom stereocenters. The van der Waals surface area contributed by atoms with Crippen LogP contribution < -0.4 is 0 Å². The van der Waals surface area contributed by atoms with Crippen molar-refractivity contribution in [2.24, 2.45) is 5.92 Å². The maximum atomic E-state index is 10.9. The SMILES string of the molecule is CC(C)CN(CC(=O)O)C(C)CCc1ccc(O)cc1. The van der Waals surface area contributed by atoms with Gasteiger partial charge < -0.3 is 10.2 Å². The molecule has 1 atom stereocenters. The van der Waals surface area contributed by atoms with E-state index in [4.69, 9.17) is 5.11 Å². The van der Waals surface area contributed by atoms with Crippen LogP contribution in [0.5, 0.6) is 5.75 Å². The van der Waals surface area contributed by atoms with Gasteiger partial charge in [0.25, 0.3) is 0 Å². The van der Waals surface area contributed by atoms with E-state index in [0.29, 0.717) is 5.92 Å². The molecule has 20 heavy (non-hydrogen) atoms. The van der Waals surface area contributed by atoms with E-state index in [0.717, 1.165) is 24.9 Å². The zero-order chi connectivity index (χ0) is 15.1. The van der Waals surface area contributed by atoms with Gasteiger partial charge in [0.05, 0.1) is 6.54 Å². The molecule has 4 heteroatoms. The highest BCUT2D eigenvalue weighted by Gasteiger charge is 2.17. The topological polar surface area (TPSA) is 60.8 Å². The van der Waals surface area contributed by atoms with Gasteiger partial charge >= 0.3 is 5.97 Å². The molecule has 1 rings (SSSR count). The molecule has 2 N–H and O–H groups in total. The number of aromatic hydroxyl groups is 1. The Labute approximate surface area is 121 Å². The normalized spacial score (nSPS) is 12.8. The molecule has 1 aromatic carbocycles. The summed E-state index contributed by atoms with van der Waals surface area (Å²) in [6.45, 7) is 7.16. The van der Waals surface area contributed by atoms with E-state index >= 15 is 0 Å². The first-order chi connectivity index (χ1) is 9.38.